The predicted molar refractivity (Wildman–Crippen MR) is 144 cm³/mol. The number of esters is 1. The van der Waals surface area contributed by atoms with E-state index >= 15 is 0 Å². The van der Waals surface area contributed by atoms with E-state index in [2.05, 4.69) is 17.2 Å². The summed E-state index contributed by atoms with van der Waals surface area (Å²) in [7, 11) is 0. The molecule has 40 heavy (non-hydrogen) atoms. The van der Waals surface area contributed by atoms with Crippen LogP contribution in [0.2, 0.25) is 0 Å². The van der Waals surface area contributed by atoms with Crippen molar-refractivity contribution in [3.8, 4) is 0 Å². The summed E-state index contributed by atoms with van der Waals surface area (Å²) in [5.41, 5.74) is -1.08. The number of rotatable bonds is 8. The molecule has 5 rings (SSSR count). The third-order valence-corrected chi connectivity index (χ3v) is 10.3. The molecular formula is C31H38N2O7. The number of hydrogen-bond acceptors (Lipinski definition) is 8. The molecule has 9 heteroatoms. The first kappa shape index (κ1) is 28.4. The van der Waals surface area contributed by atoms with Crippen LogP contribution in [0.5, 0.6) is 0 Å². The molecule has 0 bridgehead atoms. The molecule has 4 aliphatic rings. The highest BCUT2D eigenvalue weighted by molar-refractivity contribution is 6.01. The van der Waals surface area contributed by atoms with Crippen LogP contribution in [0.25, 0.3) is 0 Å². The third-order valence-electron chi connectivity index (χ3n) is 10.3. The van der Waals surface area contributed by atoms with Gasteiger partial charge in [0.25, 0.3) is 0 Å². The molecule has 7 atom stereocenters. The summed E-state index contributed by atoms with van der Waals surface area (Å²) in [4.78, 5) is 53.7. The summed E-state index contributed by atoms with van der Waals surface area (Å²) in [6.07, 6.45) is 10.1. The fourth-order valence-electron chi connectivity index (χ4n) is 8.13. The lowest BCUT2D eigenvalue weighted by atomic mass is 9.46. The van der Waals surface area contributed by atoms with Gasteiger partial charge in [0.05, 0.1) is 12.5 Å². The second-order valence-corrected chi connectivity index (χ2v) is 12.3. The van der Waals surface area contributed by atoms with Crippen LogP contribution in [-0.2, 0) is 30.5 Å². The van der Waals surface area contributed by atoms with Crippen molar-refractivity contribution < 1.29 is 34.1 Å². The van der Waals surface area contributed by atoms with Crippen LogP contribution in [0, 0.1) is 28.6 Å². The van der Waals surface area contributed by atoms with Crippen LogP contribution >= 0.6 is 0 Å². The highest BCUT2D eigenvalue weighted by Crippen LogP contribution is 2.67. The zero-order valence-corrected chi connectivity index (χ0v) is 23.1. The van der Waals surface area contributed by atoms with Gasteiger partial charge in [-0.3, -0.25) is 24.2 Å². The molecule has 0 aromatic carbocycles. The fourth-order valence-corrected chi connectivity index (χ4v) is 8.13. The molecule has 0 spiro atoms. The van der Waals surface area contributed by atoms with Gasteiger partial charge >= 0.3 is 5.97 Å². The molecule has 3 saturated carbocycles. The number of aliphatic hydroxyl groups excluding tert-OH is 1. The summed E-state index contributed by atoms with van der Waals surface area (Å²) < 4.78 is 5.20. The number of Topliss-reactive ketones (excluding diaryl/α,β-unsaturated/α-hetero) is 1. The highest BCUT2D eigenvalue weighted by atomic mass is 16.5. The summed E-state index contributed by atoms with van der Waals surface area (Å²) in [6.45, 7) is 3.71. The van der Waals surface area contributed by atoms with Gasteiger partial charge in [-0.05, 0) is 73.8 Å². The van der Waals surface area contributed by atoms with Crippen LogP contribution in [0.1, 0.15) is 64.4 Å². The number of ketones is 2. The molecule has 1 heterocycles. The Labute approximate surface area is 234 Å². The summed E-state index contributed by atoms with van der Waals surface area (Å²) in [5.74, 6) is -1.59. The molecule has 1 amide bonds. The van der Waals surface area contributed by atoms with Gasteiger partial charge in [-0.15, -0.1) is 0 Å². The number of fused-ring (bicyclic) bond motifs is 5. The average Bonchev–Trinajstić information content (AvgIpc) is 3.20. The topological polar surface area (TPSA) is 143 Å². The van der Waals surface area contributed by atoms with Gasteiger partial charge in [0.15, 0.2) is 12.4 Å². The zero-order chi connectivity index (χ0) is 28.7. The highest BCUT2D eigenvalue weighted by Gasteiger charge is 2.68. The van der Waals surface area contributed by atoms with Crippen molar-refractivity contribution in [1.82, 2.24) is 10.3 Å². The van der Waals surface area contributed by atoms with Crippen LogP contribution in [0.3, 0.4) is 0 Å². The normalized spacial score (nSPS) is 36.1. The maximum atomic E-state index is 13.4. The van der Waals surface area contributed by atoms with Crippen molar-refractivity contribution in [3.63, 3.8) is 0 Å². The first-order chi connectivity index (χ1) is 19.0. The van der Waals surface area contributed by atoms with Gasteiger partial charge in [-0.1, -0.05) is 25.5 Å². The van der Waals surface area contributed by atoms with E-state index in [0.29, 0.717) is 13.0 Å². The second-order valence-electron chi connectivity index (χ2n) is 12.3. The Morgan fingerprint density at radius 3 is 2.65 bits per heavy atom. The van der Waals surface area contributed by atoms with E-state index in [1.165, 1.54) is 0 Å². The molecule has 214 valence electrons. The average molecular weight is 551 g/mol. The Bertz CT molecular complexity index is 1260. The van der Waals surface area contributed by atoms with E-state index in [-0.39, 0.29) is 55.1 Å². The molecule has 3 N–H and O–H groups in total. The third kappa shape index (κ3) is 4.83. The SMILES string of the molecule is C[C@]12C=CC(=O)C=C1CCC1C2C(O)C[C@@]2(C)C1CCC2(O)C(=O)COC(=O)CCC(=O)NCc1ccncc1. The number of pyridine rings is 1. The van der Waals surface area contributed by atoms with Gasteiger partial charge in [-0.25, -0.2) is 0 Å². The van der Waals surface area contributed by atoms with Crippen molar-refractivity contribution in [2.45, 2.75) is 77.0 Å². The number of allylic oxidation sites excluding steroid dienone is 4. The molecule has 3 fully saturated rings. The minimum absolute atomic E-state index is 0.0130. The number of carbonyl (C=O) groups is 4. The Balaban J connectivity index is 1.18. The lowest BCUT2D eigenvalue weighted by Crippen LogP contribution is -2.61. The number of hydrogen-bond donors (Lipinski definition) is 3. The van der Waals surface area contributed by atoms with Gasteiger partial charge in [0.1, 0.15) is 5.60 Å². The van der Waals surface area contributed by atoms with Crippen molar-refractivity contribution in [1.29, 1.82) is 0 Å². The fraction of sp³-hybridized carbons (Fsp3) is 0.581. The molecule has 1 aromatic heterocycles. The van der Waals surface area contributed by atoms with Crippen LogP contribution in [-0.4, -0.2) is 57.0 Å². The maximum Gasteiger partial charge on any atom is 0.306 e. The number of aliphatic hydroxyl groups is 2. The zero-order valence-electron chi connectivity index (χ0n) is 23.1. The van der Waals surface area contributed by atoms with Crippen molar-refractivity contribution in [2.75, 3.05) is 6.61 Å². The number of nitrogens with one attached hydrogen (secondary N) is 1. The standard InChI is InChI=1S/C31H38N2O7/c1-29-11-7-21(34)15-20(29)3-4-22-23-8-12-31(39,30(23,2)16-24(35)28(22)29)25(36)18-40-27(38)6-5-26(37)33-17-19-9-13-32-14-10-19/h7,9-11,13-15,22-24,28,35,39H,3-6,8,12,16-18H2,1-2H3,(H,33,37)/t22?,23?,24?,28?,29-,30-,31?/m0/s1. The minimum Gasteiger partial charge on any atom is -0.458 e. The van der Waals surface area contributed by atoms with E-state index < -0.39 is 40.9 Å². The lowest BCUT2D eigenvalue weighted by molar-refractivity contribution is -0.181. The largest absolute Gasteiger partial charge is 0.458 e. The van der Waals surface area contributed by atoms with Crippen molar-refractivity contribution in [3.05, 3.63) is 53.9 Å². The summed E-state index contributed by atoms with van der Waals surface area (Å²) >= 11 is 0. The van der Waals surface area contributed by atoms with Gasteiger partial charge in [-0.2, -0.15) is 0 Å². The number of aromatic nitrogens is 1. The molecule has 4 aliphatic carbocycles. The monoisotopic (exact) mass is 550 g/mol. The van der Waals surface area contributed by atoms with E-state index in [0.717, 1.165) is 24.0 Å². The Morgan fingerprint density at radius 2 is 1.90 bits per heavy atom. The molecule has 0 saturated heterocycles. The van der Waals surface area contributed by atoms with E-state index in [9.17, 15) is 29.4 Å². The summed E-state index contributed by atoms with van der Waals surface area (Å²) in [5, 5.41) is 26.0. The Hall–Kier alpha value is -3.17. The van der Waals surface area contributed by atoms with Crippen LogP contribution in [0.4, 0.5) is 0 Å². The maximum absolute atomic E-state index is 13.4. The van der Waals surface area contributed by atoms with E-state index in [4.69, 9.17) is 4.74 Å². The van der Waals surface area contributed by atoms with Crippen molar-refractivity contribution >= 4 is 23.4 Å². The Morgan fingerprint density at radius 1 is 1.15 bits per heavy atom. The summed E-state index contributed by atoms with van der Waals surface area (Å²) in [6, 6.07) is 3.56. The minimum atomic E-state index is -1.72. The first-order valence-electron chi connectivity index (χ1n) is 14.2. The molecule has 0 radical (unpaired) electrons. The number of carbonyl (C=O) groups excluding carboxylic acids is 4. The van der Waals surface area contributed by atoms with Crippen LogP contribution < -0.4 is 5.32 Å². The van der Waals surface area contributed by atoms with Gasteiger partial charge < -0.3 is 20.3 Å². The Kier molecular flexibility index (Phi) is 7.56. The first-order valence-corrected chi connectivity index (χ1v) is 14.2. The van der Waals surface area contributed by atoms with Gasteiger partial charge in [0, 0.05) is 42.1 Å². The predicted octanol–water partition coefficient (Wildman–Crippen LogP) is 2.60. The van der Waals surface area contributed by atoms with E-state index in [1.807, 2.05) is 13.0 Å². The van der Waals surface area contributed by atoms with E-state index in [1.54, 1.807) is 36.7 Å². The molecule has 1 aromatic rings. The number of ether oxygens (including phenoxy) is 1. The number of amides is 1. The van der Waals surface area contributed by atoms with Crippen LogP contribution in [0.15, 0.2) is 48.3 Å². The molecule has 5 unspecified atom stereocenters. The molecular weight excluding hydrogens is 512 g/mol. The number of nitrogens with zero attached hydrogens (tertiary/aromatic N) is 1. The van der Waals surface area contributed by atoms with Crippen molar-refractivity contribution in [2.24, 2.45) is 28.6 Å². The second kappa shape index (κ2) is 10.7. The molecule has 0 aliphatic heterocycles. The quantitative estimate of drug-likeness (QED) is 0.419. The molecule has 9 nitrogen and oxygen atoms in total. The van der Waals surface area contributed by atoms with Gasteiger partial charge in [0.2, 0.25) is 11.7 Å². The lowest BCUT2D eigenvalue weighted by Gasteiger charge is -2.59. The smallest absolute Gasteiger partial charge is 0.306 e.